The van der Waals surface area contributed by atoms with Crippen LogP contribution in [-0.4, -0.2) is 42.4 Å². The van der Waals surface area contributed by atoms with E-state index in [2.05, 4.69) is 0 Å². The highest BCUT2D eigenvalue weighted by atomic mass is 32.2. The molecule has 1 unspecified atom stereocenters. The molecule has 1 atom stereocenters. The molecule has 4 nitrogen and oxygen atoms in total. The summed E-state index contributed by atoms with van der Waals surface area (Å²) < 4.78 is 156. The Hall–Kier alpha value is -0.830. The van der Waals surface area contributed by atoms with Gasteiger partial charge in [0.1, 0.15) is 0 Å². The van der Waals surface area contributed by atoms with Crippen molar-refractivity contribution in [2.24, 2.45) is 0 Å². The van der Waals surface area contributed by atoms with Gasteiger partial charge >= 0.3 is 33.4 Å². The van der Waals surface area contributed by atoms with Crippen molar-refractivity contribution in [3.8, 4) is 0 Å². The van der Waals surface area contributed by atoms with Crippen molar-refractivity contribution < 1.29 is 56.9 Å². The van der Waals surface area contributed by atoms with E-state index in [-0.39, 0.29) is 31.8 Å². The Morgan fingerprint density at radius 2 is 1.19 bits per heavy atom. The lowest BCUT2D eigenvalue weighted by Crippen LogP contribution is -2.61. The van der Waals surface area contributed by atoms with Crippen molar-refractivity contribution in [1.29, 1.82) is 0 Å². The summed E-state index contributed by atoms with van der Waals surface area (Å²) in [4.78, 5) is 0. The summed E-state index contributed by atoms with van der Waals surface area (Å²) in [5, 5.41) is -6.62. The Morgan fingerprint density at radius 3 is 1.59 bits per heavy atom. The lowest BCUT2D eigenvalue weighted by Gasteiger charge is -2.32. The molecule has 0 aliphatic carbocycles. The van der Waals surface area contributed by atoms with Crippen LogP contribution in [0.4, 0.5) is 43.9 Å². The van der Waals surface area contributed by atoms with Gasteiger partial charge in [-0.3, -0.25) is 4.55 Å². The molecule has 0 spiro atoms. The van der Waals surface area contributed by atoms with Gasteiger partial charge in [-0.1, -0.05) is 25.7 Å². The van der Waals surface area contributed by atoms with Crippen molar-refractivity contribution in [1.82, 2.24) is 6.15 Å². The highest BCUT2D eigenvalue weighted by Crippen LogP contribution is 2.50. The van der Waals surface area contributed by atoms with Gasteiger partial charge in [-0.2, -0.15) is 47.9 Å². The largest absolute Gasteiger partial charge is 0.438 e. The van der Waals surface area contributed by atoms with Crippen molar-refractivity contribution in [3.05, 3.63) is 0 Å². The Labute approximate surface area is 148 Å². The maximum atomic E-state index is 13.3. The van der Waals surface area contributed by atoms with E-state index in [0.717, 1.165) is 0 Å². The topological polar surface area (TPSA) is 89.4 Å². The third kappa shape index (κ3) is 7.25. The minimum Gasteiger partial charge on any atom is -0.344 e. The standard InChI is InChI=1S/C12H16F10O3S.H3N/c13-8(6-4-2-1-3-5-7-9(14,15)16)10(17,18)11(19,20)12(21,22)26(23,24)25;/h8H,1-7H2,(H,23,24,25);1H3. The fourth-order valence-corrected chi connectivity index (χ4v) is 2.37. The predicted octanol–water partition coefficient (Wildman–Crippen LogP) is 5.53. The van der Waals surface area contributed by atoms with Gasteiger partial charge in [-0.05, 0) is 12.8 Å². The number of unbranched alkanes of at least 4 members (excludes halogenated alkanes) is 4. The Bertz CT molecular complexity index is 550. The van der Waals surface area contributed by atoms with Crippen molar-refractivity contribution >= 4 is 10.1 Å². The fraction of sp³-hybridized carbons (Fsp3) is 1.00. The third-order valence-electron chi connectivity index (χ3n) is 3.42. The van der Waals surface area contributed by atoms with Crippen LogP contribution in [0.5, 0.6) is 0 Å². The molecule has 0 rings (SSSR count). The summed E-state index contributed by atoms with van der Waals surface area (Å²) >= 11 is 0. The summed E-state index contributed by atoms with van der Waals surface area (Å²) in [6.07, 6.45) is -11.6. The summed E-state index contributed by atoms with van der Waals surface area (Å²) in [7, 11) is -6.95. The van der Waals surface area contributed by atoms with Crippen LogP contribution in [-0.2, 0) is 10.1 Å². The van der Waals surface area contributed by atoms with Crippen LogP contribution in [0.3, 0.4) is 0 Å². The monoisotopic (exact) mass is 447 g/mol. The second kappa shape index (κ2) is 9.58. The Morgan fingerprint density at radius 1 is 0.778 bits per heavy atom. The number of halogens is 10. The normalized spacial score (nSPS) is 15.4. The van der Waals surface area contributed by atoms with Crippen molar-refractivity contribution in [2.75, 3.05) is 0 Å². The van der Waals surface area contributed by atoms with Gasteiger partial charge in [0, 0.05) is 6.42 Å². The molecule has 0 bridgehead atoms. The van der Waals surface area contributed by atoms with E-state index >= 15 is 0 Å². The van der Waals surface area contributed by atoms with Gasteiger partial charge in [-0.25, -0.2) is 4.39 Å². The first-order valence-electron chi connectivity index (χ1n) is 7.19. The summed E-state index contributed by atoms with van der Waals surface area (Å²) in [5.41, 5.74) is 0. The average Bonchev–Trinajstić information content (AvgIpc) is 2.43. The lowest BCUT2D eigenvalue weighted by molar-refractivity contribution is -0.300. The number of alkyl halides is 10. The van der Waals surface area contributed by atoms with Crippen LogP contribution in [0, 0.1) is 0 Å². The molecule has 0 aliphatic heterocycles. The first-order valence-corrected chi connectivity index (χ1v) is 8.63. The molecule has 15 heteroatoms. The maximum absolute atomic E-state index is 13.3. The number of hydrogen-bond acceptors (Lipinski definition) is 3. The highest BCUT2D eigenvalue weighted by molar-refractivity contribution is 7.87. The van der Waals surface area contributed by atoms with E-state index in [9.17, 15) is 52.3 Å². The summed E-state index contributed by atoms with van der Waals surface area (Å²) in [6.45, 7) is 0. The SMILES string of the molecule is N.O=S(=O)(O)C(F)(F)C(F)(F)C(F)(F)C(F)CCCCCCCC(F)(F)F. The van der Waals surface area contributed by atoms with E-state index in [1.807, 2.05) is 0 Å². The number of hydrogen-bond donors (Lipinski definition) is 2. The minimum atomic E-state index is -6.95. The van der Waals surface area contributed by atoms with E-state index < -0.39 is 58.8 Å². The Balaban J connectivity index is 0. The molecular formula is C12H19F10NO3S. The molecule has 0 aromatic rings. The zero-order chi connectivity index (χ0) is 21.0. The average molecular weight is 447 g/mol. The van der Waals surface area contributed by atoms with Gasteiger partial charge in [0.15, 0.2) is 6.17 Å². The zero-order valence-electron chi connectivity index (χ0n) is 13.7. The first-order chi connectivity index (χ1) is 11.4. The van der Waals surface area contributed by atoms with Crippen molar-refractivity contribution in [3.63, 3.8) is 0 Å². The molecule has 4 N–H and O–H groups in total. The van der Waals surface area contributed by atoms with Gasteiger partial charge in [0.25, 0.3) is 0 Å². The van der Waals surface area contributed by atoms with E-state index in [0.29, 0.717) is 0 Å². The van der Waals surface area contributed by atoms with Crippen LogP contribution in [0.15, 0.2) is 0 Å². The second-order valence-electron chi connectivity index (χ2n) is 5.58. The van der Waals surface area contributed by atoms with Crippen LogP contribution in [0.25, 0.3) is 0 Å². The predicted molar refractivity (Wildman–Crippen MR) is 74.7 cm³/mol. The quantitative estimate of drug-likeness (QED) is 0.248. The van der Waals surface area contributed by atoms with E-state index in [4.69, 9.17) is 4.55 Å². The molecule has 0 aromatic carbocycles. The molecule has 0 aromatic heterocycles. The van der Waals surface area contributed by atoms with Gasteiger partial charge in [0.2, 0.25) is 0 Å². The Kier molecular flexibility index (Phi) is 10.1. The lowest BCUT2D eigenvalue weighted by atomic mass is 10.0. The van der Waals surface area contributed by atoms with Crippen LogP contribution in [0.2, 0.25) is 0 Å². The molecule has 27 heavy (non-hydrogen) atoms. The molecule has 0 aliphatic rings. The summed E-state index contributed by atoms with van der Waals surface area (Å²) in [5.74, 6) is -12.8. The number of rotatable bonds is 11. The molecule has 166 valence electrons. The molecule has 0 radical (unpaired) electrons. The molecule has 0 saturated carbocycles. The molecule has 0 heterocycles. The maximum Gasteiger partial charge on any atom is 0.438 e. The van der Waals surface area contributed by atoms with Crippen LogP contribution < -0.4 is 6.15 Å². The fourth-order valence-electron chi connectivity index (χ4n) is 1.91. The van der Waals surface area contributed by atoms with E-state index in [1.165, 1.54) is 0 Å². The first kappa shape index (κ1) is 28.4. The van der Waals surface area contributed by atoms with Crippen molar-refractivity contribution in [2.45, 2.75) is 74.4 Å². The molecule has 0 fully saturated rings. The molecule has 0 amide bonds. The third-order valence-corrected chi connectivity index (χ3v) is 4.32. The summed E-state index contributed by atoms with van der Waals surface area (Å²) in [6, 6.07) is 0. The highest BCUT2D eigenvalue weighted by Gasteiger charge is 2.79. The smallest absolute Gasteiger partial charge is 0.344 e. The molecular weight excluding hydrogens is 428 g/mol. The van der Waals surface area contributed by atoms with Crippen LogP contribution in [0.1, 0.15) is 44.9 Å². The minimum absolute atomic E-state index is 0. The second-order valence-corrected chi connectivity index (χ2v) is 7.04. The van der Waals surface area contributed by atoms with E-state index in [1.54, 1.807) is 0 Å². The van der Waals surface area contributed by atoms with Gasteiger partial charge in [0.05, 0.1) is 0 Å². The zero-order valence-corrected chi connectivity index (χ0v) is 14.5. The van der Waals surface area contributed by atoms with Gasteiger partial charge < -0.3 is 6.15 Å². The van der Waals surface area contributed by atoms with Crippen LogP contribution >= 0.6 is 0 Å². The van der Waals surface area contributed by atoms with Gasteiger partial charge in [-0.15, -0.1) is 0 Å². The molecule has 0 saturated heterocycles.